The Bertz CT molecular complexity index is 977. The second kappa shape index (κ2) is 9.37. The molecule has 0 aromatic heterocycles. The van der Waals surface area contributed by atoms with E-state index in [1.165, 1.54) is 17.1 Å². The van der Waals surface area contributed by atoms with Crippen LogP contribution in [0.2, 0.25) is 0 Å². The summed E-state index contributed by atoms with van der Waals surface area (Å²) in [4.78, 5) is 26.0. The highest BCUT2D eigenvalue weighted by Crippen LogP contribution is 2.26. The number of aromatic carboxylic acids is 1. The highest BCUT2D eigenvalue weighted by atomic mass is 16.5. The van der Waals surface area contributed by atoms with Gasteiger partial charge in [-0.25, -0.2) is 4.79 Å². The van der Waals surface area contributed by atoms with Gasteiger partial charge in [-0.1, -0.05) is 12.1 Å². The lowest BCUT2D eigenvalue weighted by Gasteiger charge is -2.12. The van der Waals surface area contributed by atoms with Crippen LogP contribution in [0.1, 0.15) is 29.3 Å². The number of hydrazone groups is 1. The number of carbonyl (C=O) groups excluding carboxylic acids is 1. The molecule has 0 aliphatic carbocycles. The van der Waals surface area contributed by atoms with E-state index in [1.807, 2.05) is 38.4 Å². The fourth-order valence-corrected chi connectivity index (χ4v) is 3.00. The minimum Gasteiger partial charge on any atom is -0.494 e. The largest absolute Gasteiger partial charge is 0.494 e. The monoisotopic (exact) mass is 407 g/mol. The maximum Gasteiger partial charge on any atom is 0.335 e. The van der Waals surface area contributed by atoms with Crippen molar-refractivity contribution >= 4 is 29.4 Å². The Labute approximate surface area is 175 Å². The molecule has 2 aromatic carbocycles. The van der Waals surface area contributed by atoms with Gasteiger partial charge < -0.3 is 14.7 Å². The van der Waals surface area contributed by atoms with E-state index in [0.717, 1.165) is 24.3 Å². The molecule has 0 atom stereocenters. The van der Waals surface area contributed by atoms with Gasteiger partial charge in [-0.3, -0.25) is 4.79 Å². The van der Waals surface area contributed by atoms with Crippen molar-refractivity contribution in [3.63, 3.8) is 0 Å². The summed E-state index contributed by atoms with van der Waals surface area (Å²) < 4.78 is 5.74. The maximum absolute atomic E-state index is 12.8. The van der Waals surface area contributed by atoms with E-state index >= 15 is 0 Å². The predicted octanol–water partition coefficient (Wildman–Crippen LogP) is 3.52. The van der Waals surface area contributed by atoms with Crippen molar-refractivity contribution in [1.29, 1.82) is 0 Å². The second-order valence-electron chi connectivity index (χ2n) is 7.29. The van der Waals surface area contributed by atoms with Gasteiger partial charge in [0, 0.05) is 6.54 Å². The minimum atomic E-state index is -1.01. The van der Waals surface area contributed by atoms with Crippen LogP contribution in [0, 0.1) is 0 Å². The first-order valence-corrected chi connectivity index (χ1v) is 9.68. The van der Waals surface area contributed by atoms with Gasteiger partial charge >= 0.3 is 5.97 Å². The molecule has 0 saturated carbocycles. The summed E-state index contributed by atoms with van der Waals surface area (Å²) in [5.41, 5.74) is 2.65. The van der Waals surface area contributed by atoms with E-state index in [2.05, 4.69) is 10.0 Å². The summed E-state index contributed by atoms with van der Waals surface area (Å²) >= 11 is 0. The van der Waals surface area contributed by atoms with Crippen LogP contribution < -0.4 is 9.75 Å². The van der Waals surface area contributed by atoms with Gasteiger partial charge in [0.1, 0.15) is 5.75 Å². The number of anilines is 1. The van der Waals surface area contributed by atoms with Crippen molar-refractivity contribution in [1.82, 2.24) is 4.90 Å². The molecule has 156 valence electrons. The van der Waals surface area contributed by atoms with Gasteiger partial charge in [0.15, 0.2) is 0 Å². The summed E-state index contributed by atoms with van der Waals surface area (Å²) in [6.45, 7) is 3.40. The first-order chi connectivity index (χ1) is 14.3. The number of carbonyl (C=O) groups is 2. The van der Waals surface area contributed by atoms with Crippen LogP contribution in [0.3, 0.4) is 0 Å². The third kappa shape index (κ3) is 5.12. The van der Waals surface area contributed by atoms with Crippen LogP contribution in [0.15, 0.2) is 59.2 Å². The number of amides is 1. The third-order valence-corrected chi connectivity index (χ3v) is 4.63. The normalized spacial score (nSPS) is 15.1. The Balaban J connectivity index is 1.68. The van der Waals surface area contributed by atoms with Gasteiger partial charge in [0.2, 0.25) is 0 Å². The average Bonchev–Trinajstić information content (AvgIpc) is 3.00. The van der Waals surface area contributed by atoms with Crippen molar-refractivity contribution in [3.05, 3.63) is 65.2 Å². The van der Waals surface area contributed by atoms with Gasteiger partial charge in [-0.15, -0.1) is 0 Å². The summed E-state index contributed by atoms with van der Waals surface area (Å²) in [5.74, 6) is -0.474. The summed E-state index contributed by atoms with van der Waals surface area (Å²) in [5, 5.41) is 14.6. The molecule has 1 amide bonds. The van der Waals surface area contributed by atoms with Crippen molar-refractivity contribution in [2.24, 2.45) is 5.10 Å². The Hall–Kier alpha value is -3.45. The molecule has 1 aliphatic rings. The number of hydrogen-bond donors (Lipinski definition) is 1. The fourth-order valence-electron chi connectivity index (χ4n) is 3.00. The van der Waals surface area contributed by atoms with E-state index in [1.54, 1.807) is 25.1 Å². The summed E-state index contributed by atoms with van der Waals surface area (Å²) in [6.07, 6.45) is 2.74. The molecule has 3 rings (SSSR count). The lowest BCUT2D eigenvalue weighted by molar-refractivity contribution is -0.114. The molecule has 7 nitrogen and oxygen atoms in total. The highest BCUT2D eigenvalue weighted by molar-refractivity contribution is 6.32. The quantitative estimate of drug-likeness (QED) is 0.535. The number of benzene rings is 2. The average molecular weight is 407 g/mol. The number of nitrogens with zero attached hydrogens (tertiary/aromatic N) is 3. The lowest BCUT2D eigenvalue weighted by Crippen LogP contribution is -2.21. The number of ether oxygens (including phenoxy) is 1. The highest BCUT2D eigenvalue weighted by Gasteiger charge is 2.28. The molecule has 0 bridgehead atoms. The lowest BCUT2D eigenvalue weighted by atomic mass is 10.1. The zero-order valence-electron chi connectivity index (χ0n) is 17.3. The molecular weight excluding hydrogens is 382 g/mol. The molecule has 0 fully saturated rings. The van der Waals surface area contributed by atoms with Crippen LogP contribution in [0.25, 0.3) is 6.08 Å². The molecular formula is C23H25N3O4. The van der Waals surface area contributed by atoms with Gasteiger partial charge in [-0.05, 0) is 75.5 Å². The molecule has 2 aromatic rings. The first-order valence-electron chi connectivity index (χ1n) is 9.68. The standard InChI is InChI=1S/C23H25N3O4/c1-16-21(15-17-5-11-20(12-6-17)30-14-4-13-25(2)3)22(27)26(24-16)19-9-7-18(8-10-19)23(28)29/h5-12,15H,4,13-14H2,1-3H3,(H,28,29)/b21-15-. The molecule has 1 N–H and O–H groups in total. The zero-order chi connectivity index (χ0) is 21.7. The first kappa shape index (κ1) is 21.3. The molecule has 0 saturated heterocycles. The van der Waals surface area contributed by atoms with Crippen LogP contribution in [-0.2, 0) is 4.79 Å². The Morgan fingerprint density at radius 3 is 2.40 bits per heavy atom. The van der Waals surface area contributed by atoms with Crippen LogP contribution in [-0.4, -0.2) is 54.8 Å². The van der Waals surface area contributed by atoms with Gasteiger partial charge in [0.25, 0.3) is 5.91 Å². The van der Waals surface area contributed by atoms with E-state index in [9.17, 15) is 9.59 Å². The fraction of sp³-hybridized carbons (Fsp3) is 0.261. The van der Waals surface area contributed by atoms with Crippen molar-refractivity contribution < 1.29 is 19.4 Å². The van der Waals surface area contributed by atoms with E-state index < -0.39 is 5.97 Å². The SMILES string of the molecule is CC1=NN(c2ccc(C(=O)O)cc2)C(=O)/C1=C\c1ccc(OCCCN(C)C)cc1. The molecule has 30 heavy (non-hydrogen) atoms. The van der Waals surface area contributed by atoms with Crippen LogP contribution in [0.5, 0.6) is 5.75 Å². The number of carboxylic acid groups (broad SMARTS) is 1. The number of hydrogen-bond acceptors (Lipinski definition) is 5. The maximum atomic E-state index is 12.8. The predicted molar refractivity (Wildman–Crippen MR) is 117 cm³/mol. The van der Waals surface area contributed by atoms with Crippen LogP contribution >= 0.6 is 0 Å². The Morgan fingerprint density at radius 2 is 1.80 bits per heavy atom. The number of rotatable bonds is 8. The topological polar surface area (TPSA) is 82.4 Å². The molecule has 0 unspecified atom stereocenters. The third-order valence-electron chi connectivity index (χ3n) is 4.63. The smallest absolute Gasteiger partial charge is 0.335 e. The molecule has 7 heteroatoms. The molecule has 0 radical (unpaired) electrons. The summed E-state index contributed by atoms with van der Waals surface area (Å²) in [7, 11) is 4.06. The van der Waals surface area contributed by atoms with E-state index in [4.69, 9.17) is 9.84 Å². The van der Waals surface area contributed by atoms with Gasteiger partial charge in [-0.2, -0.15) is 10.1 Å². The Kier molecular flexibility index (Phi) is 6.64. The van der Waals surface area contributed by atoms with Gasteiger partial charge in [0.05, 0.1) is 29.1 Å². The van der Waals surface area contributed by atoms with E-state index in [0.29, 0.717) is 23.6 Å². The minimum absolute atomic E-state index is 0.158. The zero-order valence-corrected chi connectivity index (χ0v) is 17.3. The van der Waals surface area contributed by atoms with Crippen molar-refractivity contribution in [2.45, 2.75) is 13.3 Å². The van der Waals surface area contributed by atoms with Crippen molar-refractivity contribution in [3.8, 4) is 5.75 Å². The second-order valence-corrected chi connectivity index (χ2v) is 7.29. The Morgan fingerprint density at radius 1 is 1.13 bits per heavy atom. The van der Waals surface area contributed by atoms with Crippen LogP contribution in [0.4, 0.5) is 5.69 Å². The number of carboxylic acids is 1. The molecule has 1 aliphatic heterocycles. The summed E-state index contributed by atoms with van der Waals surface area (Å²) in [6, 6.07) is 13.6. The molecule has 0 spiro atoms. The van der Waals surface area contributed by atoms with E-state index in [-0.39, 0.29) is 11.5 Å². The molecule has 1 heterocycles. The van der Waals surface area contributed by atoms with Crippen molar-refractivity contribution in [2.75, 3.05) is 32.3 Å².